The fourth-order valence-electron chi connectivity index (χ4n) is 5.84. The molecular weight excluding hydrogens is 690 g/mol. The van der Waals surface area contributed by atoms with Gasteiger partial charge in [0.05, 0.1) is 37.7 Å². The Balaban J connectivity index is 1.35. The van der Waals surface area contributed by atoms with Crippen molar-refractivity contribution in [3.63, 3.8) is 0 Å². The smallest absolute Gasteiger partial charge is 0.266 e. The number of alkyl halides is 1. The zero-order valence-electron chi connectivity index (χ0n) is 24.8. The summed E-state index contributed by atoms with van der Waals surface area (Å²) in [5, 5.41) is -1.04. The summed E-state index contributed by atoms with van der Waals surface area (Å²) >= 11 is 12.6. The van der Waals surface area contributed by atoms with Crippen LogP contribution < -0.4 is 4.72 Å². The topological polar surface area (TPSA) is 124 Å². The quantitative estimate of drug-likeness (QED) is 0.165. The standard InChI is InChI=1S/C33H24Cl2F3N5O4S/c34-23-2-1-3-24(35)27(23)33(45)43-15-22(21-10-17(12-41-32(21)43)18-13-39-31(40-14-18)16-4-5-16)30(44)28-25(37)8-9-26(29(28)38)42-48(46,47)20-7-6-19(36)11-20/h1-3,8-10,12-16,19-20,42H,4-7,11H2/t19-,20?/m1/s1. The van der Waals surface area contributed by atoms with E-state index in [0.717, 1.165) is 35.7 Å². The number of nitrogens with zero attached hydrogens (tertiary/aromatic N) is 4. The van der Waals surface area contributed by atoms with E-state index in [0.29, 0.717) is 22.9 Å². The summed E-state index contributed by atoms with van der Waals surface area (Å²) in [6.45, 7) is 0. The number of sulfonamides is 1. The maximum atomic E-state index is 15.9. The Labute approximate surface area is 282 Å². The molecule has 246 valence electrons. The lowest BCUT2D eigenvalue weighted by Crippen LogP contribution is -2.26. The van der Waals surface area contributed by atoms with E-state index in [-0.39, 0.29) is 51.5 Å². The highest BCUT2D eigenvalue weighted by molar-refractivity contribution is 7.93. The van der Waals surface area contributed by atoms with Crippen molar-refractivity contribution in [2.45, 2.75) is 49.4 Å². The lowest BCUT2D eigenvalue weighted by molar-refractivity contribution is 0.0964. The number of rotatable bonds is 8. The average Bonchev–Trinajstić information content (AvgIpc) is 3.70. The predicted molar refractivity (Wildman–Crippen MR) is 174 cm³/mol. The first kappa shape index (κ1) is 32.2. The first-order valence-corrected chi connectivity index (χ1v) is 17.2. The number of benzene rings is 2. The van der Waals surface area contributed by atoms with Crippen molar-refractivity contribution in [2.75, 3.05) is 4.72 Å². The van der Waals surface area contributed by atoms with E-state index < -0.39 is 56.0 Å². The van der Waals surface area contributed by atoms with Crippen LogP contribution in [-0.2, 0) is 10.0 Å². The highest BCUT2D eigenvalue weighted by Gasteiger charge is 2.36. The van der Waals surface area contributed by atoms with Crippen LogP contribution in [0.1, 0.15) is 70.1 Å². The van der Waals surface area contributed by atoms with Crippen molar-refractivity contribution in [3.8, 4) is 11.1 Å². The number of ketones is 1. The fraction of sp³-hybridized carbons (Fsp3) is 0.242. The number of fused-ring (bicyclic) bond motifs is 1. The van der Waals surface area contributed by atoms with Crippen LogP contribution in [0, 0.1) is 11.6 Å². The molecule has 2 aromatic carbocycles. The lowest BCUT2D eigenvalue weighted by atomic mass is 10.0. The van der Waals surface area contributed by atoms with Crippen molar-refractivity contribution in [3.05, 3.63) is 105 Å². The zero-order chi connectivity index (χ0) is 33.9. The minimum atomic E-state index is -4.27. The van der Waals surface area contributed by atoms with E-state index in [4.69, 9.17) is 23.2 Å². The van der Waals surface area contributed by atoms with Crippen molar-refractivity contribution >= 4 is 61.6 Å². The van der Waals surface area contributed by atoms with Gasteiger partial charge in [-0.2, -0.15) is 0 Å². The number of halogens is 5. The predicted octanol–water partition coefficient (Wildman–Crippen LogP) is 7.51. The highest BCUT2D eigenvalue weighted by Crippen LogP contribution is 2.38. The molecule has 2 aliphatic carbocycles. The summed E-state index contributed by atoms with van der Waals surface area (Å²) in [7, 11) is -4.27. The molecule has 0 aliphatic heterocycles. The molecule has 0 amide bonds. The van der Waals surface area contributed by atoms with Gasteiger partial charge < -0.3 is 0 Å². The Morgan fingerprint density at radius 3 is 2.23 bits per heavy atom. The first-order valence-electron chi connectivity index (χ1n) is 14.9. The Hall–Kier alpha value is -4.33. The van der Waals surface area contributed by atoms with Crippen LogP contribution in [0.5, 0.6) is 0 Å². The van der Waals surface area contributed by atoms with Gasteiger partial charge in [-0.25, -0.2) is 36.5 Å². The molecule has 2 fully saturated rings. The van der Waals surface area contributed by atoms with E-state index in [1.54, 1.807) is 18.5 Å². The van der Waals surface area contributed by atoms with Crippen LogP contribution in [-0.4, -0.2) is 51.0 Å². The molecule has 0 radical (unpaired) electrons. The molecule has 9 nitrogen and oxygen atoms in total. The second-order valence-electron chi connectivity index (χ2n) is 11.8. The SMILES string of the molecule is O=C(c1c(F)ccc(NS(=O)(=O)C2CC[C@@H](F)C2)c1F)c1cn(C(=O)c2c(Cl)cccc2Cl)c2ncc(-c3cnc(C4CC4)nc3)cc12. The monoisotopic (exact) mass is 713 g/mol. The van der Waals surface area contributed by atoms with Crippen molar-refractivity contribution < 1.29 is 31.2 Å². The zero-order valence-corrected chi connectivity index (χ0v) is 27.1. The van der Waals surface area contributed by atoms with Gasteiger partial charge in [0.15, 0.2) is 5.82 Å². The van der Waals surface area contributed by atoms with Crippen molar-refractivity contribution in [1.82, 2.24) is 19.5 Å². The second-order valence-corrected chi connectivity index (χ2v) is 14.6. The number of hydrogen-bond donors (Lipinski definition) is 1. The molecule has 15 heteroatoms. The van der Waals surface area contributed by atoms with E-state index in [2.05, 4.69) is 19.7 Å². The molecule has 0 spiro atoms. The summed E-state index contributed by atoms with van der Waals surface area (Å²) in [4.78, 5) is 41.1. The molecule has 3 aromatic heterocycles. The number of carbonyl (C=O) groups excluding carboxylic acids is 2. The number of hydrogen-bond acceptors (Lipinski definition) is 7. The van der Waals surface area contributed by atoms with Gasteiger partial charge in [-0.15, -0.1) is 0 Å². The second kappa shape index (κ2) is 12.3. The summed E-state index contributed by atoms with van der Waals surface area (Å²) in [6, 6.07) is 7.55. The Kier molecular flexibility index (Phi) is 8.25. The molecular formula is C33H24Cl2F3N5O4S. The van der Waals surface area contributed by atoms with Crippen LogP contribution in [0.2, 0.25) is 10.0 Å². The summed E-state index contributed by atoms with van der Waals surface area (Å²) in [5.41, 5.74) is -1.23. The summed E-state index contributed by atoms with van der Waals surface area (Å²) in [6.07, 6.45) is 6.20. The molecule has 0 bridgehead atoms. The molecule has 0 saturated heterocycles. The van der Waals surface area contributed by atoms with Gasteiger partial charge in [-0.05, 0) is 62.4 Å². The van der Waals surface area contributed by atoms with Gasteiger partial charge in [0.25, 0.3) is 5.91 Å². The van der Waals surface area contributed by atoms with Crippen LogP contribution in [0.4, 0.5) is 18.9 Å². The third-order valence-electron chi connectivity index (χ3n) is 8.56. The van der Waals surface area contributed by atoms with Gasteiger partial charge in [0.1, 0.15) is 23.5 Å². The third-order valence-corrected chi connectivity index (χ3v) is 11.0. The first-order chi connectivity index (χ1) is 22.9. The Bertz CT molecular complexity index is 2220. The largest absolute Gasteiger partial charge is 0.288 e. The number of carbonyl (C=O) groups is 2. The fourth-order valence-corrected chi connectivity index (χ4v) is 7.94. The average molecular weight is 715 g/mol. The van der Waals surface area contributed by atoms with Crippen molar-refractivity contribution in [1.29, 1.82) is 0 Å². The number of pyridine rings is 1. The number of aromatic nitrogens is 4. The molecule has 5 aromatic rings. The summed E-state index contributed by atoms with van der Waals surface area (Å²) in [5.74, 6) is -3.71. The van der Waals surface area contributed by atoms with Crippen LogP contribution >= 0.6 is 23.2 Å². The van der Waals surface area contributed by atoms with Gasteiger partial charge in [0, 0.05) is 47.2 Å². The number of anilines is 1. The third kappa shape index (κ3) is 5.84. The van der Waals surface area contributed by atoms with E-state index >= 15 is 8.78 Å². The summed E-state index contributed by atoms with van der Waals surface area (Å²) < 4.78 is 73.9. The molecule has 1 N–H and O–H groups in total. The van der Waals surface area contributed by atoms with Crippen molar-refractivity contribution in [2.24, 2.45) is 0 Å². The van der Waals surface area contributed by atoms with Gasteiger partial charge in [-0.3, -0.25) is 18.9 Å². The maximum absolute atomic E-state index is 15.9. The maximum Gasteiger partial charge on any atom is 0.266 e. The molecule has 3 heterocycles. The number of nitrogens with one attached hydrogen (secondary N) is 1. The lowest BCUT2D eigenvalue weighted by Gasteiger charge is -2.15. The van der Waals surface area contributed by atoms with Crippen LogP contribution in [0.3, 0.4) is 0 Å². The highest BCUT2D eigenvalue weighted by atomic mass is 35.5. The van der Waals surface area contributed by atoms with Crippen LogP contribution in [0.25, 0.3) is 22.2 Å². The Morgan fingerprint density at radius 2 is 1.58 bits per heavy atom. The van der Waals surface area contributed by atoms with Gasteiger partial charge in [0.2, 0.25) is 15.8 Å². The molecule has 2 saturated carbocycles. The molecule has 48 heavy (non-hydrogen) atoms. The molecule has 1 unspecified atom stereocenters. The molecule has 2 aliphatic rings. The molecule has 7 rings (SSSR count). The van der Waals surface area contributed by atoms with Gasteiger partial charge in [-0.1, -0.05) is 29.3 Å². The van der Waals surface area contributed by atoms with E-state index in [1.807, 2.05) is 0 Å². The van der Waals surface area contributed by atoms with Crippen LogP contribution in [0.15, 0.2) is 61.2 Å². The van der Waals surface area contributed by atoms with E-state index in [1.165, 1.54) is 24.4 Å². The normalized spacial score (nSPS) is 17.9. The van der Waals surface area contributed by atoms with Gasteiger partial charge >= 0.3 is 0 Å². The minimum absolute atomic E-state index is 0.0187. The minimum Gasteiger partial charge on any atom is -0.288 e. The van der Waals surface area contributed by atoms with E-state index in [9.17, 15) is 22.4 Å². The Morgan fingerprint density at radius 1 is 0.896 bits per heavy atom. The molecule has 2 atom stereocenters.